The molecule has 0 aromatic heterocycles. The molecule has 0 spiro atoms. The third-order valence-electron chi connectivity index (χ3n) is 3.38. The molecule has 0 saturated carbocycles. The number of hydrogen-bond acceptors (Lipinski definition) is 4. The van der Waals surface area contributed by atoms with Crippen LogP contribution in [0.5, 0.6) is 0 Å². The average molecular weight is 368 g/mol. The van der Waals surface area contributed by atoms with Crippen LogP contribution in [0, 0.1) is 24.0 Å². The van der Waals surface area contributed by atoms with Gasteiger partial charge in [-0.25, -0.2) is 0 Å². The van der Waals surface area contributed by atoms with Crippen molar-refractivity contribution in [3.63, 3.8) is 0 Å². The van der Waals surface area contributed by atoms with Gasteiger partial charge in [0.1, 0.15) is 0 Å². The first-order valence-electron chi connectivity index (χ1n) is 7.02. The number of nitrogens with zero attached hydrogens (tertiary/aromatic N) is 1. The molecule has 2 rings (SSSR count). The molecule has 0 fully saturated rings. The van der Waals surface area contributed by atoms with Gasteiger partial charge in [0.2, 0.25) is 5.91 Å². The lowest BCUT2D eigenvalue weighted by Crippen LogP contribution is -2.22. The van der Waals surface area contributed by atoms with Gasteiger partial charge in [-0.05, 0) is 43.7 Å². The highest BCUT2D eigenvalue weighted by Crippen LogP contribution is 2.27. The summed E-state index contributed by atoms with van der Waals surface area (Å²) in [6.45, 7) is 3.43. The Labute approximate surface area is 148 Å². The number of nitro groups is 1. The summed E-state index contributed by atoms with van der Waals surface area (Å²) < 4.78 is 0. The highest BCUT2D eigenvalue weighted by molar-refractivity contribution is 6.36. The van der Waals surface area contributed by atoms with E-state index in [2.05, 4.69) is 10.6 Å². The van der Waals surface area contributed by atoms with Crippen molar-refractivity contribution in [3.8, 4) is 0 Å². The summed E-state index contributed by atoms with van der Waals surface area (Å²) in [6.07, 6.45) is 0. The Hall–Kier alpha value is -2.31. The van der Waals surface area contributed by atoms with Gasteiger partial charge in [0, 0.05) is 22.3 Å². The number of amides is 1. The van der Waals surface area contributed by atoms with Crippen LogP contribution in [0.1, 0.15) is 11.1 Å². The molecule has 0 aliphatic heterocycles. The largest absolute Gasteiger partial charge is 0.376 e. The molecule has 0 unspecified atom stereocenters. The molecule has 0 aliphatic rings. The van der Waals surface area contributed by atoms with E-state index in [1.54, 1.807) is 25.1 Å². The van der Waals surface area contributed by atoms with E-state index in [0.29, 0.717) is 27.0 Å². The minimum absolute atomic E-state index is 0.00394. The Morgan fingerprint density at radius 1 is 1.12 bits per heavy atom. The molecule has 0 radical (unpaired) electrons. The number of anilines is 2. The molecule has 0 saturated heterocycles. The van der Waals surface area contributed by atoms with E-state index in [0.717, 1.165) is 5.56 Å². The van der Waals surface area contributed by atoms with Crippen molar-refractivity contribution in [2.24, 2.45) is 0 Å². The van der Waals surface area contributed by atoms with Crippen LogP contribution in [-0.4, -0.2) is 17.4 Å². The van der Waals surface area contributed by atoms with Crippen molar-refractivity contribution in [2.75, 3.05) is 17.2 Å². The maximum Gasteiger partial charge on any atom is 0.274 e. The van der Waals surface area contributed by atoms with E-state index in [9.17, 15) is 14.9 Å². The van der Waals surface area contributed by atoms with Crippen molar-refractivity contribution in [3.05, 3.63) is 61.6 Å². The minimum Gasteiger partial charge on any atom is -0.376 e. The van der Waals surface area contributed by atoms with Gasteiger partial charge in [-0.2, -0.15) is 0 Å². The van der Waals surface area contributed by atoms with Crippen LogP contribution in [0.25, 0.3) is 0 Å². The van der Waals surface area contributed by atoms with Crippen LogP contribution in [-0.2, 0) is 4.79 Å². The number of carbonyl (C=O) groups excluding carboxylic acids is 1. The highest BCUT2D eigenvalue weighted by atomic mass is 35.5. The number of carbonyl (C=O) groups is 1. The monoisotopic (exact) mass is 367 g/mol. The predicted molar refractivity (Wildman–Crippen MR) is 96.2 cm³/mol. The van der Waals surface area contributed by atoms with Crippen LogP contribution in [0.4, 0.5) is 17.1 Å². The smallest absolute Gasteiger partial charge is 0.274 e. The number of benzene rings is 2. The van der Waals surface area contributed by atoms with Crippen molar-refractivity contribution in [1.29, 1.82) is 0 Å². The Morgan fingerprint density at radius 3 is 2.46 bits per heavy atom. The van der Waals surface area contributed by atoms with Gasteiger partial charge in [-0.15, -0.1) is 0 Å². The molecule has 0 aliphatic carbocycles. The van der Waals surface area contributed by atoms with E-state index in [1.165, 1.54) is 12.1 Å². The molecule has 8 heteroatoms. The topological polar surface area (TPSA) is 84.3 Å². The summed E-state index contributed by atoms with van der Waals surface area (Å²) in [6, 6.07) is 7.87. The fraction of sp³-hybridized carbons (Fsp3) is 0.188. The quantitative estimate of drug-likeness (QED) is 0.598. The molecule has 2 aromatic rings. The van der Waals surface area contributed by atoms with Gasteiger partial charge in [-0.3, -0.25) is 14.9 Å². The minimum atomic E-state index is -0.451. The summed E-state index contributed by atoms with van der Waals surface area (Å²) in [5.74, 6) is -0.332. The van der Waals surface area contributed by atoms with E-state index in [-0.39, 0.29) is 18.1 Å². The van der Waals surface area contributed by atoms with E-state index >= 15 is 0 Å². The first-order valence-corrected chi connectivity index (χ1v) is 7.78. The third kappa shape index (κ3) is 4.37. The number of halogens is 2. The number of rotatable bonds is 5. The Morgan fingerprint density at radius 2 is 1.83 bits per heavy atom. The second kappa shape index (κ2) is 7.51. The summed E-state index contributed by atoms with van der Waals surface area (Å²) in [4.78, 5) is 22.6. The van der Waals surface area contributed by atoms with E-state index in [1.807, 2.05) is 6.92 Å². The van der Waals surface area contributed by atoms with E-state index < -0.39 is 4.92 Å². The maximum absolute atomic E-state index is 12.0. The van der Waals surface area contributed by atoms with Gasteiger partial charge in [0.25, 0.3) is 5.69 Å². The molecule has 6 nitrogen and oxygen atoms in total. The molecule has 0 bridgehead atoms. The Bertz CT molecular complexity index is 809. The third-order valence-corrected chi connectivity index (χ3v) is 3.93. The molecule has 2 aromatic carbocycles. The highest BCUT2D eigenvalue weighted by Gasteiger charge is 2.14. The number of nitro benzene ring substituents is 1. The summed E-state index contributed by atoms with van der Waals surface area (Å²) in [5, 5.41) is 17.4. The lowest BCUT2D eigenvalue weighted by Gasteiger charge is -2.12. The van der Waals surface area contributed by atoms with Gasteiger partial charge in [0.05, 0.1) is 22.2 Å². The van der Waals surface area contributed by atoms with Crippen molar-refractivity contribution in [2.45, 2.75) is 13.8 Å². The second-order valence-corrected chi connectivity index (χ2v) is 6.08. The van der Waals surface area contributed by atoms with Crippen molar-refractivity contribution < 1.29 is 9.72 Å². The average Bonchev–Trinajstić information content (AvgIpc) is 2.49. The second-order valence-electron chi connectivity index (χ2n) is 5.24. The number of nitrogens with one attached hydrogen (secondary N) is 2. The molecule has 126 valence electrons. The van der Waals surface area contributed by atoms with Crippen molar-refractivity contribution >= 4 is 46.2 Å². The maximum atomic E-state index is 12.0. The van der Waals surface area contributed by atoms with Crippen LogP contribution in [0.3, 0.4) is 0 Å². The SMILES string of the molecule is Cc1cc(C)c([N+](=O)[O-])cc1NCC(=O)Nc1ccc(Cl)cc1Cl. The summed E-state index contributed by atoms with van der Waals surface area (Å²) in [5.41, 5.74) is 2.37. The molecular formula is C16H15Cl2N3O3. The van der Waals surface area contributed by atoms with Gasteiger partial charge < -0.3 is 10.6 Å². The van der Waals surface area contributed by atoms with Gasteiger partial charge in [0.15, 0.2) is 0 Å². The lowest BCUT2D eigenvalue weighted by molar-refractivity contribution is -0.385. The van der Waals surface area contributed by atoms with Gasteiger partial charge in [-0.1, -0.05) is 23.2 Å². The Kier molecular flexibility index (Phi) is 5.64. The molecule has 0 atom stereocenters. The zero-order chi connectivity index (χ0) is 17.9. The van der Waals surface area contributed by atoms with Crippen molar-refractivity contribution in [1.82, 2.24) is 0 Å². The number of aryl methyl sites for hydroxylation is 2. The molecular weight excluding hydrogens is 353 g/mol. The molecule has 24 heavy (non-hydrogen) atoms. The standard InChI is InChI=1S/C16H15Cl2N3O3/c1-9-5-10(2)15(21(23)24)7-14(9)19-8-16(22)20-13-4-3-11(17)6-12(13)18/h3-7,19H,8H2,1-2H3,(H,20,22). The Balaban J connectivity index is 2.06. The summed E-state index contributed by atoms with van der Waals surface area (Å²) >= 11 is 11.8. The van der Waals surface area contributed by atoms with Crippen LogP contribution in [0.15, 0.2) is 30.3 Å². The predicted octanol–water partition coefficient (Wildman–Crippen LogP) is 4.57. The molecule has 2 N–H and O–H groups in total. The molecule has 1 amide bonds. The zero-order valence-corrected chi connectivity index (χ0v) is 14.5. The first-order chi connectivity index (χ1) is 11.3. The van der Waals surface area contributed by atoms with Crippen LogP contribution >= 0.6 is 23.2 Å². The zero-order valence-electron chi connectivity index (χ0n) is 13.0. The molecule has 0 heterocycles. The fourth-order valence-corrected chi connectivity index (χ4v) is 2.64. The number of hydrogen-bond donors (Lipinski definition) is 2. The normalized spacial score (nSPS) is 10.3. The van der Waals surface area contributed by atoms with E-state index in [4.69, 9.17) is 23.2 Å². The van der Waals surface area contributed by atoms with Crippen LogP contribution < -0.4 is 10.6 Å². The lowest BCUT2D eigenvalue weighted by atomic mass is 10.1. The van der Waals surface area contributed by atoms with Crippen LogP contribution in [0.2, 0.25) is 10.0 Å². The fourth-order valence-electron chi connectivity index (χ4n) is 2.19. The first kappa shape index (κ1) is 18.0. The van der Waals surface area contributed by atoms with Gasteiger partial charge >= 0.3 is 0 Å². The summed E-state index contributed by atoms with van der Waals surface area (Å²) in [7, 11) is 0.